The third-order valence-electron chi connectivity index (χ3n) is 4.99. The van der Waals surface area contributed by atoms with Crippen LogP contribution in [-0.2, 0) is 11.3 Å². The first kappa shape index (κ1) is 16.8. The van der Waals surface area contributed by atoms with Gasteiger partial charge in [-0.15, -0.1) is 0 Å². The number of hydrogen-bond acceptors (Lipinski definition) is 4. The van der Waals surface area contributed by atoms with Crippen molar-refractivity contribution in [1.82, 2.24) is 4.90 Å². The summed E-state index contributed by atoms with van der Waals surface area (Å²) < 4.78 is 16.4. The van der Waals surface area contributed by atoms with Gasteiger partial charge >= 0.3 is 0 Å². The van der Waals surface area contributed by atoms with Crippen molar-refractivity contribution >= 4 is 12.0 Å². The van der Waals surface area contributed by atoms with E-state index in [4.69, 9.17) is 13.9 Å². The fourth-order valence-corrected chi connectivity index (χ4v) is 3.63. The molecule has 1 aliphatic heterocycles. The summed E-state index contributed by atoms with van der Waals surface area (Å²) in [6, 6.07) is 9.94. The number of carbonyl (C=O) groups excluding carboxylic acids is 1. The van der Waals surface area contributed by atoms with Gasteiger partial charge in [-0.1, -0.05) is 18.9 Å². The lowest BCUT2D eigenvalue weighted by molar-refractivity contribution is -0.128. The van der Waals surface area contributed by atoms with Gasteiger partial charge in [-0.05, 0) is 55.7 Å². The molecule has 136 valence electrons. The van der Waals surface area contributed by atoms with Gasteiger partial charge in [0.05, 0.1) is 0 Å². The van der Waals surface area contributed by atoms with E-state index in [0.29, 0.717) is 12.3 Å². The normalized spacial score (nSPS) is 16.5. The highest BCUT2D eigenvalue weighted by Crippen LogP contribution is 2.33. The maximum atomic E-state index is 12.9. The van der Waals surface area contributed by atoms with Crippen molar-refractivity contribution < 1.29 is 18.7 Å². The fraction of sp³-hybridized carbons (Fsp3) is 0.381. The molecule has 0 bridgehead atoms. The summed E-state index contributed by atoms with van der Waals surface area (Å²) in [5.41, 5.74) is 1.05. The van der Waals surface area contributed by atoms with Crippen molar-refractivity contribution in [2.75, 3.05) is 6.79 Å². The molecule has 1 saturated carbocycles. The van der Waals surface area contributed by atoms with E-state index in [-0.39, 0.29) is 18.7 Å². The number of amides is 1. The van der Waals surface area contributed by atoms with Crippen LogP contribution in [0.3, 0.4) is 0 Å². The molecule has 2 heterocycles. The molecule has 5 nitrogen and oxygen atoms in total. The summed E-state index contributed by atoms with van der Waals surface area (Å²) in [7, 11) is 0. The number of ether oxygens (including phenoxy) is 2. The van der Waals surface area contributed by atoms with Crippen molar-refractivity contribution in [3.05, 3.63) is 53.5 Å². The zero-order valence-corrected chi connectivity index (χ0v) is 14.9. The van der Waals surface area contributed by atoms with Gasteiger partial charge in [-0.2, -0.15) is 0 Å². The zero-order chi connectivity index (χ0) is 17.9. The molecule has 1 amide bonds. The standard InChI is InChI=1S/C21H23NO4/c1-15-6-8-18(26-15)9-11-21(23)22(17-4-2-3-5-17)13-16-7-10-19-20(12-16)25-14-24-19/h6-12,17H,2-5,13-14H2,1H3/b11-9+. The van der Waals surface area contributed by atoms with Crippen LogP contribution >= 0.6 is 0 Å². The third kappa shape index (κ3) is 3.62. The molecule has 0 unspecified atom stereocenters. The largest absolute Gasteiger partial charge is 0.462 e. The van der Waals surface area contributed by atoms with E-state index in [1.807, 2.05) is 42.2 Å². The first-order valence-corrected chi connectivity index (χ1v) is 9.13. The average molecular weight is 353 g/mol. The molecule has 0 spiro atoms. The molecule has 0 atom stereocenters. The fourth-order valence-electron chi connectivity index (χ4n) is 3.63. The van der Waals surface area contributed by atoms with Crippen molar-refractivity contribution in [3.8, 4) is 11.5 Å². The molecule has 1 aromatic carbocycles. The molecule has 2 aliphatic rings. The van der Waals surface area contributed by atoms with Gasteiger partial charge in [0.2, 0.25) is 12.7 Å². The van der Waals surface area contributed by atoms with Crippen LogP contribution in [0.2, 0.25) is 0 Å². The summed E-state index contributed by atoms with van der Waals surface area (Å²) in [4.78, 5) is 14.9. The van der Waals surface area contributed by atoms with Gasteiger partial charge in [0.1, 0.15) is 11.5 Å². The van der Waals surface area contributed by atoms with Gasteiger partial charge in [0.15, 0.2) is 11.5 Å². The lowest BCUT2D eigenvalue weighted by Crippen LogP contribution is -2.37. The quantitative estimate of drug-likeness (QED) is 0.752. The highest BCUT2D eigenvalue weighted by atomic mass is 16.7. The Kier molecular flexibility index (Phi) is 4.69. The molecular weight excluding hydrogens is 330 g/mol. The first-order valence-electron chi connectivity index (χ1n) is 9.13. The maximum absolute atomic E-state index is 12.9. The molecular formula is C21H23NO4. The van der Waals surface area contributed by atoms with Crippen molar-refractivity contribution in [2.24, 2.45) is 0 Å². The smallest absolute Gasteiger partial charge is 0.247 e. The highest BCUT2D eigenvalue weighted by molar-refractivity contribution is 5.91. The third-order valence-corrected chi connectivity index (χ3v) is 4.99. The SMILES string of the molecule is Cc1ccc(/C=C/C(=O)N(Cc2ccc3c(c2)OCO3)C2CCCC2)o1. The van der Waals surface area contributed by atoms with Crippen molar-refractivity contribution in [3.63, 3.8) is 0 Å². The van der Waals surface area contributed by atoms with Crippen molar-refractivity contribution in [1.29, 1.82) is 0 Å². The summed E-state index contributed by atoms with van der Waals surface area (Å²) in [6.45, 7) is 2.72. The second kappa shape index (κ2) is 7.28. The summed E-state index contributed by atoms with van der Waals surface area (Å²) >= 11 is 0. The van der Waals surface area contributed by atoms with Gasteiger partial charge in [0.25, 0.3) is 0 Å². The number of fused-ring (bicyclic) bond motifs is 1. The number of benzene rings is 1. The van der Waals surface area contributed by atoms with E-state index >= 15 is 0 Å². The first-order chi connectivity index (χ1) is 12.7. The van der Waals surface area contributed by atoms with E-state index < -0.39 is 0 Å². The lowest BCUT2D eigenvalue weighted by atomic mass is 10.1. The Morgan fingerprint density at radius 1 is 1.15 bits per heavy atom. The predicted molar refractivity (Wildman–Crippen MR) is 97.9 cm³/mol. The minimum Gasteiger partial charge on any atom is -0.462 e. The molecule has 1 fully saturated rings. The van der Waals surface area contributed by atoms with Crippen LogP contribution in [0.25, 0.3) is 6.08 Å². The zero-order valence-electron chi connectivity index (χ0n) is 14.9. The topological polar surface area (TPSA) is 51.9 Å². The van der Waals surface area contributed by atoms with Crippen LogP contribution in [0.5, 0.6) is 11.5 Å². The Labute approximate surface area is 153 Å². The van der Waals surface area contributed by atoms with Gasteiger partial charge in [-0.25, -0.2) is 0 Å². The Balaban J connectivity index is 1.52. The monoisotopic (exact) mass is 353 g/mol. The number of aryl methyl sites for hydroxylation is 1. The van der Waals surface area contributed by atoms with Gasteiger partial charge < -0.3 is 18.8 Å². The summed E-state index contributed by atoms with van der Waals surface area (Å²) in [5, 5.41) is 0. The van der Waals surface area contributed by atoms with Crippen LogP contribution in [0.15, 0.2) is 40.8 Å². The number of rotatable bonds is 5. The molecule has 4 rings (SSSR count). The van der Waals surface area contributed by atoms with Gasteiger partial charge in [0, 0.05) is 18.7 Å². The lowest BCUT2D eigenvalue weighted by Gasteiger charge is -2.28. The minimum absolute atomic E-state index is 0.0172. The molecule has 1 aromatic heterocycles. The molecule has 1 aliphatic carbocycles. The Morgan fingerprint density at radius 2 is 1.96 bits per heavy atom. The average Bonchev–Trinajstić information content (AvgIpc) is 3.38. The Hall–Kier alpha value is -2.69. The second-order valence-electron chi connectivity index (χ2n) is 6.87. The predicted octanol–water partition coefficient (Wildman–Crippen LogP) is 4.30. The second-order valence-corrected chi connectivity index (χ2v) is 6.87. The van der Waals surface area contributed by atoms with Crippen LogP contribution in [0, 0.1) is 6.92 Å². The summed E-state index contributed by atoms with van der Waals surface area (Å²) in [5.74, 6) is 3.07. The number of carbonyl (C=O) groups is 1. The molecule has 2 aromatic rings. The van der Waals surface area contributed by atoms with Crippen molar-refractivity contribution in [2.45, 2.75) is 45.2 Å². The van der Waals surface area contributed by atoms with Gasteiger partial charge in [-0.3, -0.25) is 4.79 Å². The molecule has 5 heteroatoms. The molecule has 0 saturated heterocycles. The van der Waals surface area contributed by atoms with Crippen LogP contribution in [0.4, 0.5) is 0 Å². The van der Waals surface area contributed by atoms with Crippen LogP contribution in [-0.4, -0.2) is 23.6 Å². The highest BCUT2D eigenvalue weighted by Gasteiger charge is 2.26. The molecule has 0 radical (unpaired) electrons. The number of hydrogen-bond donors (Lipinski definition) is 0. The van der Waals surface area contributed by atoms with E-state index in [1.54, 1.807) is 12.2 Å². The maximum Gasteiger partial charge on any atom is 0.247 e. The van der Waals surface area contributed by atoms with E-state index in [2.05, 4.69) is 0 Å². The minimum atomic E-state index is 0.0172. The number of furan rings is 1. The van der Waals surface area contributed by atoms with Crippen LogP contribution < -0.4 is 9.47 Å². The Bertz CT molecular complexity index is 817. The van der Waals surface area contributed by atoms with E-state index in [0.717, 1.165) is 35.7 Å². The van der Waals surface area contributed by atoms with E-state index in [9.17, 15) is 4.79 Å². The molecule has 0 N–H and O–H groups in total. The molecule has 26 heavy (non-hydrogen) atoms. The Morgan fingerprint density at radius 3 is 2.73 bits per heavy atom. The van der Waals surface area contributed by atoms with Crippen LogP contribution in [0.1, 0.15) is 42.8 Å². The van der Waals surface area contributed by atoms with E-state index in [1.165, 1.54) is 12.8 Å². The number of nitrogens with zero attached hydrogens (tertiary/aromatic N) is 1. The summed E-state index contributed by atoms with van der Waals surface area (Å²) in [6.07, 6.45) is 7.84.